The SMILES string of the molecule is CCCCCCCC(=O)CC(=O)c1c(C)nn(CC)c1C. The van der Waals surface area contributed by atoms with E-state index >= 15 is 0 Å². The molecule has 0 bridgehead atoms. The van der Waals surface area contributed by atoms with Crippen LogP contribution in [0.3, 0.4) is 0 Å². The zero-order valence-corrected chi connectivity index (χ0v) is 13.9. The highest BCUT2D eigenvalue weighted by Gasteiger charge is 2.20. The van der Waals surface area contributed by atoms with Gasteiger partial charge in [-0.05, 0) is 27.2 Å². The van der Waals surface area contributed by atoms with Crippen molar-refractivity contribution in [3.05, 3.63) is 17.0 Å². The smallest absolute Gasteiger partial charge is 0.173 e. The minimum Gasteiger partial charge on any atom is -0.299 e. The Labute approximate surface area is 127 Å². The van der Waals surface area contributed by atoms with E-state index in [-0.39, 0.29) is 18.0 Å². The molecule has 4 nitrogen and oxygen atoms in total. The van der Waals surface area contributed by atoms with Crippen LogP contribution in [0.15, 0.2) is 0 Å². The van der Waals surface area contributed by atoms with Gasteiger partial charge in [0.15, 0.2) is 5.78 Å². The number of aromatic nitrogens is 2. The molecule has 0 unspecified atom stereocenters. The Bertz CT molecular complexity index is 489. The van der Waals surface area contributed by atoms with Gasteiger partial charge in [0, 0.05) is 18.7 Å². The Kier molecular flexibility index (Phi) is 7.34. The maximum absolute atomic E-state index is 12.3. The summed E-state index contributed by atoms with van der Waals surface area (Å²) in [6, 6.07) is 0. The standard InChI is InChI=1S/C17H28N2O2/c1-5-7-8-9-10-11-15(20)12-16(21)17-13(3)18-19(6-2)14(17)4/h5-12H2,1-4H3. The molecular weight excluding hydrogens is 264 g/mol. The number of unbranched alkanes of at least 4 members (excludes halogenated alkanes) is 4. The second kappa shape index (κ2) is 8.75. The van der Waals surface area contributed by atoms with Gasteiger partial charge in [-0.3, -0.25) is 14.3 Å². The average molecular weight is 292 g/mol. The number of aryl methyl sites for hydroxylation is 2. The molecule has 0 saturated heterocycles. The first-order valence-electron chi connectivity index (χ1n) is 8.10. The zero-order chi connectivity index (χ0) is 15.8. The number of Topliss-reactive ketones (excluding diaryl/α,β-unsaturated/α-hetero) is 2. The molecule has 0 fully saturated rings. The van der Waals surface area contributed by atoms with E-state index in [1.807, 2.05) is 25.5 Å². The maximum atomic E-state index is 12.3. The minimum atomic E-state index is -0.0803. The van der Waals surface area contributed by atoms with E-state index in [0.29, 0.717) is 12.0 Å². The normalized spacial score (nSPS) is 10.9. The van der Waals surface area contributed by atoms with Gasteiger partial charge >= 0.3 is 0 Å². The lowest BCUT2D eigenvalue weighted by Gasteiger charge is -2.03. The average Bonchev–Trinajstić information content (AvgIpc) is 2.73. The van der Waals surface area contributed by atoms with Gasteiger partial charge in [-0.15, -0.1) is 0 Å². The number of ketones is 2. The minimum absolute atomic E-state index is 0.0187. The van der Waals surface area contributed by atoms with Crippen molar-refractivity contribution in [3.63, 3.8) is 0 Å². The van der Waals surface area contributed by atoms with Crippen LogP contribution in [0.4, 0.5) is 0 Å². The van der Waals surface area contributed by atoms with Crippen molar-refractivity contribution < 1.29 is 9.59 Å². The first kappa shape index (κ1) is 17.6. The molecule has 1 heterocycles. The number of carbonyl (C=O) groups is 2. The Balaban J connectivity index is 2.49. The van der Waals surface area contributed by atoms with Crippen molar-refractivity contribution in [2.75, 3.05) is 0 Å². The van der Waals surface area contributed by atoms with Crippen LogP contribution in [0.1, 0.15) is 80.5 Å². The predicted molar refractivity (Wildman–Crippen MR) is 84.7 cm³/mol. The fourth-order valence-electron chi connectivity index (χ4n) is 2.69. The molecule has 0 radical (unpaired) electrons. The molecule has 1 aromatic heterocycles. The summed E-state index contributed by atoms with van der Waals surface area (Å²) in [6.45, 7) is 8.64. The van der Waals surface area contributed by atoms with E-state index in [0.717, 1.165) is 30.8 Å². The summed E-state index contributed by atoms with van der Waals surface area (Å²) in [7, 11) is 0. The summed E-state index contributed by atoms with van der Waals surface area (Å²) in [5.74, 6) is -0.0252. The second-order valence-electron chi connectivity index (χ2n) is 5.66. The Morgan fingerprint density at radius 3 is 2.29 bits per heavy atom. The molecule has 0 saturated carbocycles. The molecule has 1 rings (SSSR count). The fraction of sp³-hybridized carbons (Fsp3) is 0.706. The Morgan fingerprint density at radius 2 is 1.71 bits per heavy atom. The fourth-order valence-corrected chi connectivity index (χ4v) is 2.69. The lowest BCUT2D eigenvalue weighted by atomic mass is 10.0. The molecule has 0 aliphatic rings. The van der Waals surface area contributed by atoms with E-state index in [4.69, 9.17) is 0 Å². The highest BCUT2D eigenvalue weighted by molar-refractivity contribution is 6.09. The van der Waals surface area contributed by atoms with E-state index in [1.54, 1.807) is 0 Å². The maximum Gasteiger partial charge on any atom is 0.173 e. The first-order valence-corrected chi connectivity index (χ1v) is 8.10. The topological polar surface area (TPSA) is 52.0 Å². The summed E-state index contributed by atoms with van der Waals surface area (Å²) in [4.78, 5) is 24.2. The summed E-state index contributed by atoms with van der Waals surface area (Å²) in [5.41, 5.74) is 2.24. The van der Waals surface area contributed by atoms with Crippen molar-refractivity contribution in [3.8, 4) is 0 Å². The monoisotopic (exact) mass is 292 g/mol. The quantitative estimate of drug-likeness (QED) is 0.372. The van der Waals surface area contributed by atoms with Gasteiger partial charge < -0.3 is 0 Å². The highest BCUT2D eigenvalue weighted by Crippen LogP contribution is 2.16. The number of nitrogens with zero attached hydrogens (tertiary/aromatic N) is 2. The van der Waals surface area contributed by atoms with Gasteiger partial charge in [0.25, 0.3) is 0 Å². The highest BCUT2D eigenvalue weighted by atomic mass is 16.1. The lowest BCUT2D eigenvalue weighted by Crippen LogP contribution is -2.10. The third-order valence-corrected chi connectivity index (χ3v) is 3.88. The third kappa shape index (κ3) is 5.10. The summed E-state index contributed by atoms with van der Waals surface area (Å²) >= 11 is 0. The zero-order valence-electron chi connectivity index (χ0n) is 13.9. The lowest BCUT2D eigenvalue weighted by molar-refractivity contribution is -0.118. The Morgan fingerprint density at radius 1 is 1.05 bits per heavy atom. The molecule has 1 aromatic rings. The molecule has 0 atom stereocenters. The van der Waals surface area contributed by atoms with E-state index < -0.39 is 0 Å². The number of hydrogen-bond donors (Lipinski definition) is 0. The van der Waals surface area contributed by atoms with Crippen LogP contribution in [0, 0.1) is 13.8 Å². The molecule has 0 N–H and O–H groups in total. The molecule has 0 aliphatic carbocycles. The van der Waals surface area contributed by atoms with Crippen molar-refractivity contribution in [1.29, 1.82) is 0 Å². The second-order valence-corrected chi connectivity index (χ2v) is 5.66. The molecular formula is C17H28N2O2. The van der Waals surface area contributed by atoms with Crippen LogP contribution < -0.4 is 0 Å². The van der Waals surface area contributed by atoms with Crippen LogP contribution in [0.25, 0.3) is 0 Å². The van der Waals surface area contributed by atoms with Gasteiger partial charge in [0.1, 0.15) is 5.78 Å². The summed E-state index contributed by atoms with van der Waals surface area (Å²) in [6.07, 6.45) is 6.13. The van der Waals surface area contributed by atoms with Crippen LogP contribution in [-0.2, 0) is 11.3 Å². The number of carbonyl (C=O) groups excluding carboxylic acids is 2. The molecule has 0 aliphatic heterocycles. The molecule has 0 aromatic carbocycles. The largest absolute Gasteiger partial charge is 0.299 e. The molecule has 21 heavy (non-hydrogen) atoms. The van der Waals surface area contributed by atoms with Crippen LogP contribution in [0.5, 0.6) is 0 Å². The van der Waals surface area contributed by atoms with E-state index in [1.165, 1.54) is 19.3 Å². The van der Waals surface area contributed by atoms with Crippen LogP contribution >= 0.6 is 0 Å². The van der Waals surface area contributed by atoms with Gasteiger partial charge in [0.2, 0.25) is 0 Å². The van der Waals surface area contributed by atoms with Crippen LogP contribution in [-0.4, -0.2) is 21.3 Å². The van der Waals surface area contributed by atoms with Crippen molar-refractivity contribution in [2.24, 2.45) is 0 Å². The number of rotatable bonds is 10. The van der Waals surface area contributed by atoms with Crippen molar-refractivity contribution in [1.82, 2.24) is 9.78 Å². The molecule has 0 spiro atoms. The Hall–Kier alpha value is -1.45. The molecule has 4 heteroatoms. The van der Waals surface area contributed by atoms with Gasteiger partial charge in [-0.25, -0.2) is 0 Å². The van der Waals surface area contributed by atoms with Crippen molar-refractivity contribution >= 4 is 11.6 Å². The summed E-state index contributed by atoms with van der Waals surface area (Å²) < 4.78 is 1.82. The van der Waals surface area contributed by atoms with Gasteiger partial charge in [-0.1, -0.05) is 32.6 Å². The van der Waals surface area contributed by atoms with Crippen molar-refractivity contribution in [2.45, 2.75) is 79.2 Å². The van der Waals surface area contributed by atoms with Gasteiger partial charge in [-0.2, -0.15) is 5.10 Å². The summed E-state index contributed by atoms with van der Waals surface area (Å²) in [5, 5.41) is 4.34. The van der Waals surface area contributed by atoms with Crippen LogP contribution in [0.2, 0.25) is 0 Å². The number of hydrogen-bond acceptors (Lipinski definition) is 3. The predicted octanol–water partition coefficient (Wildman–Crippen LogP) is 4.02. The molecule has 118 valence electrons. The van der Waals surface area contributed by atoms with E-state index in [9.17, 15) is 9.59 Å². The first-order chi connectivity index (χ1) is 10.0. The van der Waals surface area contributed by atoms with Gasteiger partial charge in [0.05, 0.1) is 17.7 Å². The van der Waals surface area contributed by atoms with E-state index in [2.05, 4.69) is 12.0 Å². The third-order valence-electron chi connectivity index (χ3n) is 3.88. The molecule has 0 amide bonds.